The Kier molecular flexibility index (Phi) is 3.18. The van der Waals surface area contributed by atoms with Crippen molar-refractivity contribution in [1.29, 1.82) is 0 Å². The summed E-state index contributed by atoms with van der Waals surface area (Å²) in [7, 11) is 0. The summed E-state index contributed by atoms with van der Waals surface area (Å²) in [4.78, 5) is 23.9. The van der Waals surface area contributed by atoms with Gasteiger partial charge in [0.15, 0.2) is 6.10 Å². The largest absolute Gasteiger partial charge is 0.478 e. The number of ether oxygens (including phenoxy) is 1. The molecule has 2 rings (SSSR count). The maximum Gasteiger partial charge on any atom is 0.271 e. The number of hydrogen-bond acceptors (Lipinski definition) is 4. The van der Waals surface area contributed by atoms with Crippen molar-refractivity contribution in [3.8, 4) is 5.75 Å². The van der Waals surface area contributed by atoms with Crippen LogP contribution in [-0.2, 0) is 4.79 Å². The van der Waals surface area contributed by atoms with E-state index in [1.807, 2.05) is 13.8 Å². The molecular weight excluding hydrogens is 236 g/mol. The fourth-order valence-electron chi connectivity index (χ4n) is 2.01. The highest BCUT2D eigenvalue weighted by Crippen LogP contribution is 2.37. The molecule has 1 atom stereocenters. The first-order valence-corrected chi connectivity index (χ1v) is 5.85. The number of likely N-dealkylation sites (N-methyl/N-ethyl adjacent to an activating group) is 1. The van der Waals surface area contributed by atoms with Crippen molar-refractivity contribution >= 4 is 17.3 Å². The van der Waals surface area contributed by atoms with Crippen molar-refractivity contribution in [2.45, 2.75) is 26.4 Å². The Morgan fingerprint density at radius 3 is 2.72 bits per heavy atom. The third-order valence-corrected chi connectivity index (χ3v) is 2.94. The highest BCUT2D eigenvalue weighted by atomic mass is 16.6. The third kappa shape index (κ3) is 1.90. The van der Waals surface area contributed by atoms with Crippen LogP contribution in [0.15, 0.2) is 18.2 Å². The van der Waals surface area contributed by atoms with Gasteiger partial charge in [-0.1, -0.05) is 6.92 Å². The Labute approximate surface area is 104 Å². The van der Waals surface area contributed by atoms with E-state index in [9.17, 15) is 14.9 Å². The molecule has 18 heavy (non-hydrogen) atoms. The molecule has 6 nitrogen and oxygen atoms in total. The Bertz CT molecular complexity index is 501. The summed E-state index contributed by atoms with van der Waals surface area (Å²) >= 11 is 0. The number of benzene rings is 1. The van der Waals surface area contributed by atoms with E-state index in [0.29, 0.717) is 24.4 Å². The summed E-state index contributed by atoms with van der Waals surface area (Å²) in [5.74, 6) is 0.377. The second kappa shape index (κ2) is 4.64. The number of nitro benzene ring substituents is 1. The van der Waals surface area contributed by atoms with Gasteiger partial charge in [-0.3, -0.25) is 14.9 Å². The van der Waals surface area contributed by atoms with E-state index in [0.717, 1.165) is 0 Å². The molecular formula is C12H14N2O4. The predicted octanol–water partition coefficient (Wildman–Crippen LogP) is 2.12. The first-order valence-electron chi connectivity index (χ1n) is 5.85. The first kappa shape index (κ1) is 12.3. The van der Waals surface area contributed by atoms with E-state index in [1.54, 1.807) is 6.07 Å². The Morgan fingerprint density at radius 1 is 1.44 bits per heavy atom. The first-order chi connectivity index (χ1) is 8.58. The molecule has 96 valence electrons. The van der Waals surface area contributed by atoms with Gasteiger partial charge in [-0.05, 0) is 19.4 Å². The number of nitrogens with zero attached hydrogens (tertiary/aromatic N) is 2. The topological polar surface area (TPSA) is 72.7 Å². The van der Waals surface area contributed by atoms with Crippen LogP contribution in [0.2, 0.25) is 0 Å². The summed E-state index contributed by atoms with van der Waals surface area (Å²) in [5, 5.41) is 10.7. The molecule has 1 aromatic carbocycles. The number of amides is 1. The van der Waals surface area contributed by atoms with Gasteiger partial charge in [-0.25, -0.2) is 0 Å². The van der Waals surface area contributed by atoms with Gasteiger partial charge in [0, 0.05) is 18.7 Å². The van der Waals surface area contributed by atoms with Crippen molar-refractivity contribution in [3.05, 3.63) is 28.3 Å². The highest BCUT2D eigenvalue weighted by Gasteiger charge is 2.33. The average Bonchev–Trinajstić information content (AvgIpc) is 2.37. The molecule has 0 aliphatic carbocycles. The smallest absolute Gasteiger partial charge is 0.271 e. The molecule has 1 aliphatic rings. The number of nitro groups is 1. The lowest BCUT2D eigenvalue weighted by atomic mass is 10.1. The molecule has 6 heteroatoms. The van der Waals surface area contributed by atoms with E-state index < -0.39 is 11.0 Å². The Hall–Kier alpha value is -2.11. The van der Waals surface area contributed by atoms with E-state index >= 15 is 0 Å². The van der Waals surface area contributed by atoms with Crippen molar-refractivity contribution in [2.24, 2.45) is 0 Å². The molecule has 1 amide bonds. The van der Waals surface area contributed by atoms with Crippen LogP contribution in [0.5, 0.6) is 5.75 Å². The van der Waals surface area contributed by atoms with Gasteiger partial charge in [0.05, 0.1) is 10.6 Å². The molecule has 0 N–H and O–H groups in total. The standard InChI is InChI=1S/C12H14N2O4/c1-3-10-12(15)13(4-2)9-7-8(14(16)17)5-6-11(9)18-10/h5-7,10H,3-4H2,1-2H3. The molecule has 0 fully saturated rings. The van der Waals surface area contributed by atoms with Crippen LogP contribution in [0.4, 0.5) is 11.4 Å². The summed E-state index contributed by atoms with van der Waals surface area (Å²) in [6.07, 6.45) is 0.0741. The number of anilines is 1. The molecule has 1 aromatic rings. The number of rotatable bonds is 3. The summed E-state index contributed by atoms with van der Waals surface area (Å²) in [6.45, 7) is 4.16. The fourth-order valence-corrected chi connectivity index (χ4v) is 2.01. The van der Waals surface area contributed by atoms with Crippen molar-refractivity contribution in [3.63, 3.8) is 0 Å². The van der Waals surface area contributed by atoms with E-state index in [-0.39, 0.29) is 11.6 Å². The van der Waals surface area contributed by atoms with Crippen LogP contribution in [0.25, 0.3) is 0 Å². The monoisotopic (exact) mass is 250 g/mol. The second-order valence-corrected chi connectivity index (χ2v) is 4.01. The maximum absolute atomic E-state index is 12.1. The van der Waals surface area contributed by atoms with Crippen LogP contribution in [0, 0.1) is 10.1 Å². The average molecular weight is 250 g/mol. The summed E-state index contributed by atoms with van der Waals surface area (Å²) in [5.41, 5.74) is 0.431. The van der Waals surface area contributed by atoms with Crippen LogP contribution in [0.1, 0.15) is 20.3 Å². The predicted molar refractivity (Wildman–Crippen MR) is 65.8 cm³/mol. The van der Waals surface area contributed by atoms with Gasteiger partial charge >= 0.3 is 0 Å². The van der Waals surface area contributed by atoms with Gasteiger partial charge in [-0.15, -0.1) is 0 Å². The van der Waals surface area contributed by atoms with Crippen LogP contribution in [0.3, 0.4) is 0 Å². The molecule has 0 aromatic heterocycles. The SMILES string of the molecule is CCC1Oc2ccc([N+](=O)[O-])cc2N(CC)C1=O. The van der Waals surface area contributed by atoms with Crippen LogP contribution < -0.4 is 9.64 Å². The third-order valence-electron chi connectivity index (χ3n) is 2.94. The molecule has 1 aliphatic heterocycles. The van der Waals surface area contributed by atoms with Gasteiger partial charge < -0.3 is 9.64 Å². The van der Waals surface area contributed by atoms with Gasteiger partial charge in [0.1, 0.15) is 5.75 Å². The van der Waals surface area contributed by atoms with Crippen molar-refractivity contribution in [2.75, 3.05) is 11.4 Å². The fraction of sp³-hybridized carbons (Fsp3) is 0.417. The molecule has 1 unspecified atom stereocenters. The lowest BCUT2D eigenvalue weighted by Crippen LogP contribution is -2.45. The molecule has 0 radical (unpaired) electrons. The molecule has 1 heterocycles. The molecule has 0 bridgehead atoms. The van der Waals surface area contributed by atoms with Crippen molar-refractivity contribution in [1.82, 2.24) is 0 Å². The zero-order chi connectivity index (χ0) is 13.3. The normalized spacial score (nSPS) is 18.2. The van der Waals surface area contributed by atoms with Crippen LogP contribution in [-0.4, -0.2) is 23.5 Å². The molecule has 0 saturated heterocycles. The Morgan fingerprint density at radius 2 is 2.17 bits per heavy atom. The van der Waals surface area contributed by atoms with E-state index in [4.69, 9.17) is 4.74 Å². The molecule has 0 spiro atoms. The summed E-state index contributed by atoms with van der Waals surface area (Å²) < 4.78 is 5.55. The minimum absolute atomic E-state index is 0.0430. The number of carbonyl (C=O) groups excluding carboxylic acids is 1. The van der Waals surface area contributed by atoms with Crippen molar-refractivity contribution < 1.29 is 14.5 Å². The summed E-state index contributed by atoms with van der Waals surface area (Å²) in [6, 6.07) is 4.31. The van der Waals surface area contributed by atoms with Crippen LogP contribution >= 0.6 is 0 Å². The molecule has 0 saturated carbocycles. The zero-order valence-electron chi connectivity index (χ0n) is 10.3. The van der Waals surface area contributed by atoms with Gasteiger partial charge in [0.2, 0.25) is 0 Å². The van der Waals surface area contributed by atoms with E-state index in [1.165, 1.54) is 17.0 Å². The highest BCUT2D eigenvalue weighted by molar-refractivity contribution is 6.00. The number of hydrogen-bond donors (Lipinski definition) is 0. The zero-order valence-corrected chi connectivity index (χ0v) is 10.3. The Balaban J connectivity index is 2.49. The van der Waals surface area contributed by atoms with Gasteiger partial charge in [-0.2, -0.15) is 0 Å². The number of fused-ring (bicyclic) bond motifs is 1. The maximum atomic E-state index is 12.1. The lowest BCUT2D eigenvalue weighted by Gasteiger charge is -2.33. The van der Waals surface area contributed by atoms with E-state index in [2.05, 4.69) is 0 Å². The van der Waals surface area contributed by atoms with Gasteiger partial charge in [0.25, 0.3) is 11.6 Å². The lowest BCUT2D eigenvalue weighted by molar-refractivity contribution is -0.384. The minimum atomic E-state index is -0.501. The quantitative estimate of drug-likeness (QED) is 0.608. The minimum Gasteiger partial charge on any atom is -0.478 e. The second-order valence-electron chi connectivity index (χ2n) is 4.01. The number of non-ortho nitro benzene ring substituents is 1. The number of carbonyl (C=O) groups is 1.